The third kappa shape index (κ3) is 3.43. The van der Waals surface area contributed by atoms with Crippen molar-refractivity contribution in [2.75, 3.05) is 5.88 Å². The Morgan fingerprint density at radius 2 is 2.05 bits per heavy atom. The molecule has 0 aliphatic heterocycles. The predicted octanol–water partition coefficient (Wildman–Crippen LogP) is 5.23. The van der Waals surface area contributed by atoms with Crippen molar-refractivity contribution in [3.8, 4) is 0 Å². The number of aromatic nitrogens is 2. The molecule has 2 nitrogen and oxygen atoms in total. The van der Waals surface area contributed by atoms with E-state index in [4.69, 9.17) is 16.6 Å². The van der Waals surface area contributed by atoms with Gasteiger partial charge < -0.3 is 4.57 Å². The normalized spacial score (nSPS) is 11.2. The minimum atomic E-state index is 0.582. The fraction of sp³-hybridized carbons (Fsp3) is 0.188. The van der Waals surface area contributed by atoms with Gasteiger partial charge in [0, 0.05) is 26.9 Å². The van der Waals surface area contributed by atoms with E-state index >= 15 is 0 Å². The van der Waals surface area contributed by atoms with Gasteiger partial charge in [-0.05, 0) is 58.5 Å². The Labute approximate surface area is 150 Å². The van der Waals surface area contributed by atoms with Gasteiger partial charge in [0.25, 0.3) is 0 Å². The van der Waals surface area contributed by atoms with Gasteiger partial charge in [-0.3, -0.25) is 0 Å². The highest BCUT2D eigenvalue weighted by Gasteiger charge is 2.11. The van der Waals surface area contributed by atoms with Crippen LogP contribution in [0.2, 0.25) is 0 Å². The van der Waals surface area contributed by atoms with Crippen LogP contribution in [0, 0.1) is 3.57 Å². The van der Waals surface area contributed by atoms with Crippen LogP contribution in [0.3, 0.4) is 0 Å². The third-order valence-corrected chi connectivity index (χ3v) is 4.69. The molecule has 0 aliphatic rings. The average Bonchev–Trinajstić information content (AvgIpc) is 2.76. The van der Waals surface area contributed by atoms with Crippen LogP contribution in [0.1, 0.15) is 11.4 Å². The summed E-state index contributed by atoms with van der Waals surface area (Å²) in [4.78, 5) is 4.74. The molecular weight excluding hydrogens is 462 g/mol. The molecule has 108 valence electrons. The first-order chi connectivity index (χ1) is 10.2. The molecule has 0 fully saturated rings. The summed E-state index contributed by atoms with van der Waals surface area (Å²) in [5.74, 6) is 1.63. The monoisotopic (exact) mass is 474 g/mol. The summed E-state index contributed by atoms with van der Waals surface area (Å²) >= 11 is 11.8. The Hall–Kier alpha value is -0.590. The van der Waals surface area contributed by atoms with E-state index in [1.165, 1.54) is 9.13 Å². The maximum Gasteiger partial charge on any atom is 0.111 e. The summed E-state index contributed by atoms with van der Waals surface area (Å²) < 4.78 is 4.55. The summed E-state index contributed by atoms with van der Waals surface area (Å²) in [6.07, 6.45) is 0.779. The molecule has 0 bridgehead atoms. The highest BCUT2D eigenvalue weighted by molar-refractivity contribution is 14.1. The van der Waals surface area contributed by atoms with Crippen molar-refractivity contribution in [2.24, 2.45) is 0 Å². The van der Waals surface area contributed by atoms with E-state index in [1.54, 1.807) is 0 Å². The molecule has 0 unspecified atom stereocenters. The molecule has 3 rings (SSSR count). The van der Waals surface area contributed by atoms with Gasteiger partial charge in [-0.25, -0.2) is 4.98 Å². The zero-order valence-corrected chi connectivity index (χ0v) is 15.7. The molecule has 5 heteroatoms. The summed E-state index contributed by atoms with van der Waals surface area (Å²) in [6, 6.07) is 14.7. The van der Waals surface area contributed by atoms with Crippen molar-refractivity contribution in [1.82, 2.24) is 9.55 Å². The number of benzene rings is 2. The van der Waals surface area contributed by atoms with Gasteiger partial charge in [-0.15, -0.1) is 11.6 Å². The number of rotatable bonds is 4. The third-order valence-electron chi connectivity index (χ3n) is 3.34. The van der Waals surface area contributed by atoms with E-state index in [-0.39, 0.29) is 0 Å². The second-order valence-electron chi connectivity index (χ2n) is 4.82. The molecule has 1 aromatic heterocycles. The van der Waals surface area contributed by atoms with Gasteiger partial charge in [-0.2, -0.15) is 0 Å². The Morgan fingerprint density at radius 1 is 1.19 bits per heavy atom. The van der Waals surface area contributed by atoms with Crippen LogP contribution < -0.4 is 0 Å². The van der Waals surface area contributed by atoms with Crippen LogP contribution in [0.4, 0.5) is 0 Å². The van der Waals surface area contributed by atoms with E-state index in [0.717, 1.165) is 34.3 Å². The number of hydrogen-bond donors (Lipinski definition) is 0. The smallest absolute Gasteiger partial charge is 0.111 e. The first-order valence-corrected chi connectivity index (χ1v) is 9.03. The van der Waals surface area contributed by atoms with Crippen LogP contribution in [-0.2, 0) is 13.0 Å². The van der Waals surface area contributed by atoms with Crippen molar-refractivity contribution in [1.29, 1.82) is 0 Å². The second-order valence-corrected chi connectivity index (χ2v) is 7.36. The Bertz CT molecular complexity index is 785. The number of nitrogens with zero attached hydrogens (tertiary/aromatic N) is 2. The van der Waals surface area contributed by atoms with Gasteiger partial charge in [0.15, 0.2) is 0 Å². The SMILES string of the molecule is ClCCc1nc2cc(I)ccc2n1Cc1cccc(Br)c1. The molecule has 1 heterocycles. The molecule has 0 radical (unpaired) electrons. The lowest BCUT2D eigenvalue weighted by atomic mass is 10.2. The second kappa shape index (κ2) is 6.67. The number of imidazole rings is 1. The van der Waals surface area contributed by atoms with Crippen LogP contribution in [-0.4, -0.2) is 15.4 Å². The van der Waals surface area contributed by atoms with Crippen molar-refractivity contribution in [3.05, 3.63) is 61.9 Å². The molecule has 0 atom stereocenters. The Kier molecular flexibility index (Phi) is 4.86. The maximum atomic E-state index is 5.93. The van der Waals surface area contributed by atoms with E-state index in [9.17, 15) is 0 Å². The van der Waals surface area contributed by atoms with E-state index < -0.39 is 0 Å². The standard InChI is InChI=1S/C16H13BrClIN2/c17-12-3-1-2-11(8-12)10-21-15-5-4-13(19)9-14(15)20-16(21)6-7-18/h1-5,8-9H,6-7,10H2. The number of halogens is 3. The molecule has 0 amide bonds. The van der Waals surface area contributed by atoms with Gasteiger partial charge in [-0.1, -0.05) is 28.1 Å². The van der Waals surface area contributed by atoms with Gasteiger partial charge in [0.1, 0.15) is 5.82 Å². The van der Waals surface area contributed by atoms with Crippen LogP contribution >= 0.6 is 50.1 Å². The lowest BCUT2D eigenvalue weighted by molar-refractivity contribution is 0.754. The minimum absolute atomic E-state index is 0.582. The number of alkyl halides is 1. The highest BCUT2D eigenvalue weighted by Crippen LogP contribution is 2.22. The molecule has 0 saturated carbocycles. The topological polar surface area (TPSA) is 17.8 Å². The highest BCUT2D eigenvalue weighted by atomic mass is 127. The first-order valence-electron chi connectivity index (χ1n) is 6.62. The molecule has 0 spiro atoms. The van der Waals surface area contributed by atoms with Crippen molar-refractivity contribution < 1.29 is 0 Å². The van der Waals surface area contributed by atoms with E-state index in [1.807, 2.05) is 6.07 Å². The summed E-state index contributed by atoms with van der Waals surface area (Å²) in [6.45, 7) is 0.808. The number of fused-ring (bicyclic) bond motifs is 1. The molecule has 0 N–H and O–H groups in total. The first kappa shape index (κ1) is 15.3. The number of aryl methyl sites for hydroxylation is 1. The minimum Gasteiger partial charge on any atom is -0.323 e. The van der Waals surface area contributed by atoms with Crippen LogP contribution in [0.15, 0.2) is 46.9 Å². The van der Waals surface area contributed by atoms with Crippen molar-refractivity contribution >= 4 is 61.2 Å². The van der Waals surface area contributed by atoms with Crippen molar-refractivity contribution in [2.45, 2.75) is 13.0 Å². The van der Waals surface area contributed by atoms with Crippen LogP contribution in [0.25, 0.3) is 11.0 Å². The molecule has 21 heavy (non-hydrogen) atoms. The molecular formula is C16H13BrClIN2. The Morgan fingerprint density at radius 3 is 2.81 bits per heavy atom. The Balaban J connectivity index is 2.08. The summed E-state index contributed by atoms with van der Waals surface area (Å²) in [5, 5.41) is 0. The summed E-state index contributed by atoms with van der Waals surface area (Å²) in [5.41, 5.74) is 3.45. The fourth-order valence-corrected chi connectivity index (χ4v) is 3.51. The van der Waals surface area contributed by atoms with Crippen molar-refractivity contribution in [3.63, 3.8) is 0 Å². The quantitative estimate of drug-likeness (QED) is 0.373. The zero-order valence-electron chi connectivity index (χ0n) is 11.2. The van der Waals surface area contributed by atoms with E-state index in [2.05, 4.69) is 79.5 Å². The fourth-order valence-electron chi connectivity index (χ4n) is 2.42. The van der Waals surface area contributed by atoms with Crippen LogP contribution in [0.5, 0.6) is 0 Å². The molecule has 0 aliphatic carbocycles. The predicted molar refractivity (Wildman–Crippen MR) is 100 cm³/mol. The lowest BCUT2D eigenvalue weighted by Crippen LogP contribution is -2.06. The number of hydrogen-bond acceptors (Lipinski definition) is 1. The zero-order chi connectivity index (χ0) is 14.8. The molecule has 2 aromatic carbocycles. The van der Waals surface area contributed by atoms with Gasteiger partial charge >= 0.3 is 0 Å². The molecule has 3 aromatic rings. The van der Waals surface area contributed by atoms with E-state index in [0.29, 0.717) is 5.88 Å². The van der Waals surface area contributed by atoms with Gasteiger partial charge in [0.05, 0.1) is 11.0 Å². The maximum absolute atomic E-state index is 5.93. The largest absolute Gasteiger partial charge is 0.323 e. The lowest BCUT2D eigenvalue weighted by Gasteiger charge is -2.09. The summed E-state index contributed by atoms with van der Waals surface area (Å²) in [7, 11) is 0. The van der Waals surface area contributed by atoms with Gasteiger partial charge in [0.2, 0.25) is 0 Å². The molecule has 0 saturated heterocycles. The average molecular weight is 476 g/mol.